The van der Waals surface area contributed by atoms with Crippen LogP contribution < -0.4 is 15.8 Å². The van der Waals surface area contributed by atoms with Crippen LogP contribution in [0.2, 0.25) is 0 Å². The molecule has 1 aliphatic carbocycles. The quantitative estimate of drug-likeness (QED) is 0.534. The first kappa shape index (κ1) is 21.6. The van der Waals surface area contributed by atoms with E-state index in [1.807, 2.05) is 60.7 Å². The number of nitrogens with two attached hydrogens (primary N) is 1. The maximum Gasteiger partial charge on any atom is 0.255 e. The minimum absolute atomic E-state index is 0.143. The van der Waals surface area contributed by atoms with E-state index in [4.69, 9.17) is 10.5 Å². The standard InChI is InChI=1S/C26H27N3O3/c1-32-24-14-10-22(11-15-24)28-26(31)21-8-4-19(5-9-21)17-29(23-12-13-23)16-18-2-6-20(7-3-18)25(27)30/h2-11,14-15,23H,12-13,16-17H2,1H3,(H2,27,30)(H,28,31). The average Bonchev–Trinajstić information content (AvgIpc) is 3.65. The first-order chi connectivity index (χ1) is 15.5. The van der Waals surface area contributed by atoms with Crippen LogP contribution in [0.4, 0.5) is 5.69 Å². The summed E-state index contributed by atoms with van der Waals surface area (Å²) in [5.74, 6) is 0.193. The number of benzene rings is 3. The average molecular weight is 430 g/mol. The van der Waals surface area contributed by atoms with Crippen molar-refractivity contribution in [3.8, 4) is 5.75 Å². The Morgan fingerprint density at radius 2 is 1.41 bits per heavy atom. The lowest BCUT2D eigenvalue weighted by atomic mass is 10.1. The van der Waals surface area contributed by atoms with Crippen LogP contribution in [0.3, 0.4) is 0 Å². The third-order valence-corrected chi connectivity index (χ3v) is 5.64. The normalized spacial score (nSPS) is 13.1. The van der Waals surface area contributed by atoms with Gasteiger partial charge in [0, 0.05) is 35.9 Å². The SMILES string of the molecule is COc1ccc(NC(=O)c2ccc(CN(Cc3ccc(C(N)=O)cc3)C3CC3)cc2)cc1. The summed E-state index contributed by atoms with van der Waals surface area (Å²) >= 11 is 0. The fraction of sp³-hybridized carbons (Fsp3) is 0.231. The predicted molar refractivity (Wildman–Crippen MR) is 125 cm³/mol. The second kappa shape index (κ2) is 9.66. The fourth-order valence-electron chi connectivity index (χ4n) is 3.64. The minimum atomic E-state index is -0.410. The molecule has 0 aliphatic heterocycles. The molecule has 3 aromatic carbocycles. The first-order valence-electron chi connectivity index (χ1n) is 10.7. The van der Waals surface area contributed by atoms with Crippen LogP contribution in [-0.2, 0) is 13.1 Å². The van der Waals surface area contributed by atoms with Crippen LogP contribution in [-0.4, -0.2) is 29.9 Å². The Morgan fingerprint density at radius 3 is 1.88 bits per heavy atom. The summed E-state index contributed by atoms with van der Waals surface area (Å²) in [6.07, 6.45) is 2.39. The summed E-state index contributed by atoms with van der Waals surface area (Å²) < 4.78 is 5.14. The van der Waals surface area contributed by atoms with Gasteiger partial charge in [-0.15, -0.1) is 0 Å². The van der Waals surface area contributed by atoms with Gasteiger partial charge in [0.05, 0.1) is 7.11 Å². The molecule has 32 heavy (non-hydrogen) atoms. The molecule has 1 aliphatic rings. The molecule has 164 valence electrons. The largest absolute Gasteiger partial charge is 0.497 e. The second-order valence-electron chi connectivity index (χ2n) is 8.08. The highest BCUT2D eigenvalue weighted by Crippen LogP contribution is 2.30. The fourth-order valence-corrected chi connectivity index (χ4v) is 3.64. The van der Waals surface area contributed by atoms with E-state index in [9.17, 15) is 9.59 Å². The van der Waals surface area contributed by atoms with Gasteiger partial charge in [0.25, 0.3) is 5.91 Å². The lowest BCUT2D eigenvalue weighted by Gasteiger charge is -2.22. The number of hydrogen-bond donors (Lipinski definition) is 2. The van der Waals surface area contributed by atoms with E-state index >= 15 is 0 Å². The summed E-state index contributed by atoms with van der Waals surface area (Å²) in [5.41, 5.74) is 9.50. The van der Waals surface area contributed by atoms with Crippen molar-refractivity contribution in [2.45, 2.75) is 32.0 Å². The van der Waals surface area contributed by atoms with Crippen molar-refractivity contribution < 1.29 is 14.3 Å². The van der Waals surface area contributed by atoms with Gasteiger partial charge in [-0.3, -0.25) is 14.5 Å². The molecule has 1 saturated carbocycles. The molecular weight excluding hydrogens is 402 g/mol. The number of carbonyl (C=O) groups excluding carboxylic acids is 2. The van der Waals surface area contributed by atoms with Gasteiger partial charge >= 0.3 is 0 Å². The number of carbonyl (C=O) groups is 2. The summed E-state index contributed by atoms with van der Waals surface area (Å²) in [7, 11) is 1.61. The van der Waals surface area contributed by atoms with Crippen LogP contribution >= 0.6 is 0 Å². The lowest BCUT2D eigenvalue weighted by molar-refractivity contribution is 0.0997. The number of nitrogens with one attached hydrogen (secondary N) is 1. The number of hydrogen-bond acceptors (Lipinski definition) is 4. The number of primary amides is 1. The molecule has 0 aromatic heterocycles. The topological polar surface area (TPSA) is 84.7 Å². The Kier molecular flexibility index (Phi) is 6.52. The van der Waals surface area contributed by atoms with E-state index in [1.165, 1.54) is 12.8 Å². The molecule has 0 heterocycles. The first-order valence-corrected chi connectivity index (χ1v) is 10.7. The van der Waals surface area contributed by atoms with Crippen molar-refractivity contribution in [3.63, 3.8) is 0 Å². The van der Waals surface area contributed by atoms with Gasteiger partial charge < -0.3 is 15.8 Å². The van der Waals surface area contributed by atoms with Crippen molar-refractivity contribution >= 4 is 17.5 Å². The molecule has 3 aromatic rings. The Hall–Kier alpha value is -3.64. The number of rotatable bonds is 9. The van der Waals surface area contributed by atoms with Crippen LogP contribution in [0, 0.1) is 0 Å². The smallest absolute Gasteiger partial charge is 0.255 e. The van der Waals surface area contributed by atoms with Crippen molar-refractivity contribution in [3.05, 3.63) is 95.1 Å². The van der Waals surface area contributed by atoms with E-state index in [0.717, 1.165) is 35.7 Å². The van der Waals surface area contributed by atoms with Gasteiger partial charge in [0.2, 0.25) is 5.91 Å². The van der Waals surface area contributed by atoms with E-state index in [0.29, 0.717) is 17.2 Å². The molecule has 3 N–H and O–H groups in total. The highest BCUT2D eigenvalue weighted by atomic mass is 16.5. The molecule has 4 rings (SSSR count). The number of anilines is 1. The van der Waals surface area contributed by atoms with Crippen LogP contribution in [0.5, 0.6) is 5.75 Å². The van der Waals surface area contributed by atoms with Crippen LogP contribution in [0.1, 0.15) is 44.7 Å². The molecule has 0 unspecified atom stereocenters. The van der Waals surface area contributed by atoms with E-state index in [2.05, 4.69) is 10.2 Å². The maximum atomic E-state index is 12.6. The Morgan fingerprint density at radius 1 is 0.875 bits per heavy atom. The van der Waals surface area contributed by atoms with E-state index in [1.54, 1.807) is 19.2 Å². The van der Waals surface area contributed by atoms with Crippen LogP contribution in [0.25, 0.3) is 0 Å². The summed E-state index contributed by atoms with van der Waals surface area (Å²) in [6, 6.07) is 23.0. The molecular formula is C26H27N3O3. The summed E-state index contributed by atoms with van der Waals surface area (Å²) in [6.45, 7) is 1.62. The van der Waals surface area contributed by atoms with Gasteiger partial charge in [0.1, 0.15) is 5.75 Å². The summed E-state index contributed by atoms with van der Waals surface area (Å²) in [4.78, 5) is 26.3. The zero-order valence-electron chi connectivity index (χ0n) is 18.1. The highest BCUT2D eigenvalue weighted by molar-refractivity contribution is 6.04. The van der Waals surface area contributed by atoms with Crippen molar-refractivity contribution in [1.82, 2.24) is 4.90 Å². The Balaban J connectivity index is 1.37. The lowest BCUT2D eigenvalue weighted by Crippen LogP contribution is -2.25. The number of ether oxygens (including phenoxy) is 1. The molecule has 6 heteroatoms. The maximum absolute atomic E-state index is 12.6. The number of methoxy groups -OCH3 is 1. The second-order valence-corrected chi connectivity index (χ2v) is 8.08. The van der Waals surface area contributed by atoms with Gasteiger partial charge in [-0.1, -0.05) is 24.3 Å². The van der Waals surface area contributed by atoms with Crippen LogP contribution in [0.15, 0.2) is 72.8 Å². The third kappa shape index (κ3) is 5.53. The van der Waals surface area contributed by atoms with E-state index < -0.39 is 5.91 Å². The monoisotopic (exact) mass is 429 g/mol. The minimum Gasteiger partial charge on any atom is -0.497 e. The molecule has 0 bridgehead atoms. The number of amides is 2. The molecule has 0 saturated heterocycles. The highest BCUT2D eigenvalue weighted by Gasteiger charge is 2.29. The zero-order valence-corrected chi connectivity index (χ0v) is 18.1. The summed E-state index contributed by atoms with van der Waals surface area (Å²) in [5, 5.41) is 2.91. The molecule has 0 radical (unpaired) electrons. The van der Waals surface area contributed by atoms with Gasteiger partial charge in [0.15, 0.2) is 0 Å². The number of nitrogens with zero attached hydrogens (tertiary/aromatic N) is 1. The third-order valence-electron chi connectivity index (χ3n) is 5.64. The molecule has 2 amide bonds. The van der Waals surface area contributed by atoms with Crippen molar-refractivity contribution in [1.29, 1.82) is 0 Å². The Labute approximate surface area is 188 Å². The predicted octanol–water partition coefficient (Wildman–Crippen LogP) is 4.21. The van der Waals surface area contributed by atoms with E-state index in [-0.39, 0.29) is 5.91 Å². The Bertz CT molecular complexity index is 1070. The van der Waals surface area contributed by atoms with Crippen molar-refractivity contribution in [2.75, 3.05) is 12.4 Å². The van der Waals surface area contributed by atoms with Gasteiger partial charge in [-0.05, 0) is 72.5 Å². The molecule has 6 nitrogen and oxygen atoms in total. The van der Waals surface area contributed by atoms with Crippen molar-refractivity contribution in [2.24, 2.45) is 5.73 Å². The molecule has 1 fully saturated rings. The molecule has 0 atom stereocenters. The molecule has 0 spiro atoms. The van der Waals surface area contributed by atoms with Gasteiger partial charge in [-0.25, -0.2) is 0 Å². The zero-order chi connectivity index (χ0) is 22.5. The van der Waals surface area contributed by atoms with Gasteiger partial charge in [-0.2, -0.15) is 0 Å².